The molecule has 0 aromatic heterocycles. The van der Waals surface area contributed by atoms with Crippen LogP contribution in [0.15, 0.2) is 46.9 Å². The molecular formula is C17H14BrFN2O2S. The second-order valence-corrected chi connectivity index (χ2v) is 6.65. The summed E-state index contributed by atoms with van der Waals surface area (Å²) in [6.07, 6.45) is 0. The highest BCUT2D eigenvalue weighted by Crippen LogP contribution is 2.38. The number of hydrogen-bond donors (Lipinski definition) is 1. The molecule has 2 aromatic rings. The number of halogens is 2. The first kappa shape index (κ1) is 16.9. The average Bonchev–Trinajstić information content (AvgIpc) is 2.82. The third-order valence-corrected chi connectivity index (χ3v) is 5.06. The van der Waals surface area contributed by atoms with Gasteiger partial charge in [-0.2, -0.15) is 0 Å². The van der Waals surface area contributed by atoms with Crippen molar-refractivity contribution >= 4 is 39.2 Å². The summed E-state index contributed by atoms with van der Waals surface area (Å²) in [4.78, 5) is 14.4. The number of benzene rings is 2. The van der Waals surface area contributed by atoms with Crippen molar-refractivity contribution < 1.29 is 13.9 Å². The molecule has 1 fully saturated rings. The largest absolute Gasteiger partial charge is 0.497 e. The molecule has 1 aliphatic heterocycles. The molecule has 7 heteroatoms. The van der Waals surface area contributed by atoms with Gasteiger partial charge in [-0.25, -0.2) is 4.39 Å². The van der Waals surface area contributed by atoms with Crippen molar-refractivity contribution in [1.29, 1.82) is 0 Å². The standard InChI is InChI=1S/C17H14BrFN2O2S/c1-21-15(22)17(20-16(21)24,10-4-3-5-12(8-10)23-2)11-6-7-14(19)13(18)9-11/h3-9H,1-2H3,(H,20,24). The van der Waals surface area contributed by atoms with Crippen LogP contribution in [-0.4, -0.2) is 30.1 Å². The van der Waals surface area contributed by atoms with E-state index in [0.717, 1.165) is 0 Å². The van der Waals surface area contributed by atoms with Gasteiger partial charge in [-0.1, -0.05) is 18.2 Å². The predicted octanol–water partition coefficient (Wildman–Crippen LogP) is 3.19. The first-order valence-electron chi connectivity index (χ1n) is 7.10. The molecule has 1 N–H and O–H groups in total. The first-order valence-corrected chi connectivity index (χ1v) is 8.30. The van der Waals surface area contributed by atoms with Crippen molar-refractivity contribution in [2.75, 3.05) is 14.2 Å². The highest BCUT2D eigenvalue weighted by Gasteiger charge is 2.51. The van der Waals surface area contributed by atoms with Crippen molar-refractivity contribution in [3.8, 4) is 5.75 Å². The Labute approximate surface area is 152 Å². The molecule has 0 radical (unpaired) electrons. The third kappa shape index (κ3) is 2.48. The molecule has 3 rings (SSSR count). The molecule has 1 heterocycles. The summed E-state index contributed by atoms with van der Waals surface area (Å²) in [7, 11) is 3.17. The van der Waals surface area contributed by atoms with Crippen molar-refractivity contribution in [3.05, 3.63) is 63.9 Å². The van der Waals surface area contributed by atoms with E-state index in [-0.39, 0.29) is 10.4 Å². The van der Waals surface area contributed by atoms with E-state index in [0.29, 0.717) is 22.0 Å². The van der Waals surface area contributed by atoms with Gasteiger partial charge in [-0.05, 0) is 63.5 Å². The molecule has 24 heavy (non-hydrogen) atoms. The fourth-order valence-corrected chi connectivity index (χ4v) is 3.40. The molecule has 0 saturated carbocycles. The van der Waals surface area contributed by atoms with Crippen LogP contribution in [0.5, 0.6) is 5.75 Å². The van der Waals surface area contributed by atoms with Gasteiger partial charge in [0.25, 0.3) is 5.91 Å². The van der Waals surface area contributed by atoms with E-state index in [4.69, 9.17) is 17.0 Å². The van der Waals surface area contributed by atoms with Gasteiger partial charge in [-0.3, -0.25) is 9.69 Å². The lowest BCUT2D eigenvalue weighted by Gasteiger charge is -2.28. The lowest BCUT2D eigenvalue weighted by Crippen LogP contribution is -2.45. The summed E-state index contributed by atoms with van der Waals surface area (Å²) in [6, 6.07) is 11.6. The molecule has 1 amide bonds. The van der Waals surface area contributed by atoms with Crippen LogP contribution in [0.1, 0.15) is 11.1 Å². The Balaban J connectivity index is 2.27. The van der Waals surface area contributed by atoms with Crippen LogP contribution in [0.4, 0.5) is 4.39 Å². The summed E-state index contributed by atoms with van der Waals surface area (Å²) in [5, 5.41) is 3.42. The van der Waals surface area contributed by atoms with Gasteiger partial charge < -0.3 is 10.1 Å². The fraction of sp³-hybridized carbons (Fsp3) is 0.176. The second-order valence-electron chi connectivity index (χ2n) is 5.41. The molecule has 4 nitrogen and oxygen atoms in total. The zero-order valence-electron chi connectivity index (χ0n) is 13.0. The summed E-state index contributed by atoms with van der Waals surface area (Å²) < 4.78 is 19.2. The minimum atomic E-state index is -1.23. The van der Waals surface area contributed by atoms with Crippen LogP contribution in [-0.2, 0) is 10.3 Å². The molecule has 1 aliphatic rings. The molecule has 1 unspecified atom stereocenters. The van der Waals surface area contributed by atoms with Gasteiger partial charge in [0.05, 0.1) is 11.6 Å². The van der Waals surface area contributed by atoms with Gasteiger partial charge in [0.2, 0.25) is 0 Å². The van der Waals surface area contributed by atoms with Gasteiger partial charge in [0.15, 0.2) is 10.7 Å². The Kier molecular flexibility index (Phi) is 4.31. The van der Waals surface area contributed by atoms with Gasteiger partial charge in [0, 0.05) is 7.05 Å². The van der Waals surface area contributed by atoms with E-state index < -0.39 is 11.4 Å². The van der Waals surface area contributed by atoms with E-state index in [1.807, 2.05) is 6.07 Å². The van der Waals surface area contributed by atoms with Crippen molar-refractivity contribution in [2.24, 2.45) is 0 Å². The Morgan fingerprint density at radius 1 is 1.25 bits per heavy atom. The number of methoxy groups -OCH3 is 1. The zero-order chi connectivity index (χ0) is 17.5. The topological polar surface area (TPSA) is 41.6 Å². The number of likely N-dealkylation sites (N-methyl/N-ethyl adjacent to an activating group) is 1. The summed E-state index contributed by atoms with van der Waals surface area (Å²) in [5.74, 6) is -0.0247. The number of carbonyl (C=O) groups is 1. The molecule has 1 atom stereocenters. The first-order chi connectivity index (χ1) is 11.4. The molecule has 0 spiro atoms. The van der Waals surface area contributed by atoms with Gasteiger partial charge in [0.1, 0.15) is 11.6 Å². The molecule has 2 aromatic carbocycles. The van der Waals surface area contributed by atoms with Crippen LogP contribution in [0.3, 0.4) is 0 Å². The monoisotopic (exact) mass is 408 g/mol. The van der Waals surface area contributed by atoms with Crippen LogP contribution in [0, 0.1) is 5.82 Å². The maximum atomic E-state index is 13.7. The molecule has 124 valence electrons. The quantitative estimate of drug-likeness (QED) is 0.791. The van der Waals surface area contributed by atoms with E-state index in [1.165, 1.54) is 11.0 Å². The molecule has 0 bridgehead atoms. The van der Waals surface area contributed by atoms with Crippen molar-refractivity contribution in [2.45, 2.75) is 5.54 Å². The predicted molar refractivity (Wildman–Crippen MR) is 96.4 cm³/mol. The number of nitrogens with one attached hydrogen (secondary N) is 1. The minimum absolute atomic E-state index is 0.237. The highest BCUT2D eigenvalue weighted by atomic mass is 79.9. The normalized spacial score (nSPS) is 20.2. The van der Waals surface area contributed by atoms with Gasteiger partial charge >= 0.3 is 0 Å². The third-order valence-electron chi connectivity index (χ3n) is 4.08. The minimum Gasteiger partial charge on any atom is -0.497 e. The van der Waals surface area contributed by atoms with Crippen LogP contribution < -0.4 is 10.1 Å². The van der Waals surface area contributed by atoms with E-state index >= 15 is 0 Å². The van der Waals surface area contributed by atoms with E-state index in [1.54, 1.807) is 44.5 Å². The number of carbonyl (C=O) groups excluding carboxylic acids is 1. The van der Waals surface area contributed by atoms with Crippen molar-refractivity contribution in [3.63, 3.8) is 0 Å². The zero-order valence-corrected chi connectivity index (χ0v) is 15.4. The lowest BCUT2D eigenvalue weighted by molar-refractivity contribution is -0.129. The average molecular weight is 409 g/mol. The van der Waals surface area contributed by atoms with E-state index in [2.05, 4.69) is 21.2 Å². The number of rotatable bonds is 3. The number of nitrogens with zero attached hydrogens (tertiary/aromatic N) is 1. The highest BCUT2D eigenvalue weighted by molar-refractivity contribution is 9.10. The molecular weight excluding hydrogens is 395 g/mol. The molecule has 0 aliphatic carbocycles. The Hall–Kier alpha value is -1.99. The Bertz CT molecular complexity index is 845. The Morgan fingerprint density at radius 2 is 1.96 bits per heavy atom. The van der Waals surface area contributed by atoms with Crippen LogP contribution in [0.25, 0.3) is 0 Å². The summed E-state index contributed by atoms with van der Waals surface area (Å²) >= 11 is 8.45. The number of amides is 1. The maximum Gasteiger partial charge on any atom is 0.263 e. The Morgan fingerprint density at radius 3 is 2.54 bits per heavy atom. The van der Waals surface area contributed by atoms with Crippen LogP contribution >= 0.6 is 28.1 Å². The number of hydrogen-bond acceptors (Lipinski definition) is 3. The number of thiocarbonyl (C=S) groups is 1. The van der Waals surface area contributed by atoms with Crippen LogP contribution in [0.2, 0.25) is 0 Å². The summed E-state index contributed by atoms with van der Waals surface area (Å²) in [6.45, 7) is 0. The van der Waals surface area contributed by atoms with E-state index in [9.17, 15) is 9.18 Å². The maximum absolute atomic E-state index is 13.7. The van der Waals surface area contributed by atoms with Crippen molar-refractivity contribution in [1.82, 2.24) is 10.2 Å². The molecule has 1 saturated heterocycles. The SMILES string of the molecule is COc1cccc(C2(c3ccc(F)c(Br)c3)NC(=S)N(C)C2=O)c1. The second kappa shape index (κ2) is 6.14. The summed E-state index contributed by atoms with van der Waals surface area (Å²) in [5.41, 5.74) is 0.0223. The number of ether oxygens (including phenoxy) is 1. The lowest BCUT2D eigenvalue weighted by atomic mass is 9.82. The fourth-order valence-electron chi connectivity index (χ4n) is 2.79. The van der Waals surface area contributed by atoms with Gasteiger partial charge in [-0.15, -0.1) is 0 Å². The smallest absolute Gasteiger partial charge is 0.263 e.